The molecule has 2 aliphatic rings. The SMILES string of the molecule is OC(CCc1cccs1)C1CN2CCCC2CO1. The molecule has 0 bridgehead atoms. The van der Waals surface area contributed by atoms with E-state index in [0.29, 0.717) is 6.04 Å². The highest BCUT2D eigenvalue weighted by Gasteiger charge is 2.34. The van der Waals surface area contributed by atoms with Gasteiger partial charge in [-0.3, -0.25) is 4.90 Å². The molecular weight excluding hydrogens is 246 g/mol. The summed E-state index contributed by atoms with van der Waals surface area (Å²) < 4.78 is 5.84. The van der Waals surface area contributed by atoms with Crippen molar-refractivity contribution < 1.29 is 9.84 Å². The largest absolute Gasteiger partial charge is 0.390 e. The fourth-order valence-electron chi connectivity index (χ4n) is 3.01. The second-order valence-electron chi connectivity index (χ2n) is 5.35. The number of hydrogen-bond donors (Lipinski definition) is 1. The van der Waals surface area contributed by atoms with Crippen molar-refractivity contribution in [1.82, 2.24) is 4.90 Å². The van der Waals surface area contributed by atoms with Crippen LogP contribution in [-0.4, -0.2) is 48.0 Å². The second-order valence-corrected chi connectivity index (χ2v) is 6.38. The predicted molar refractivity (Wildman–Crippen MR) is 73.0 cm³/mol. The van der Waals surface area contributed by atoms with Gasteiger partial charge in [0.1, 0.15) is 0 Å². The van der Waals surface area contributed by atoms with E-state index in [1.165, 1.54) is 24.3 Å². The van der Waals surface area contributed by atoms with Crippen molar-refractivity contribution in [2.24, 2.45) is 0 Å². The van der Waals surface area contributed by atoms with E-state index in [0.717, 1.165) is 26.0 Å². The number of fused-ring (bicyclic) bond motifs is 1. The highest BCUT2D eigenvalue weighted by molar-refractivity contribution is 7.09. The lowest BCUT2D eigenvalue weighted by atomic mass is 10.0. The normalized spacial score (nSPS) is 30.3. The molecule has 2 fully saturated rings. The van der Waals surface area contributed by atoms with Crippen LogP contribution in [0.2, 0.25) is 0 Å². The van der Waals surface area contributed by atoms with Gasteiger partial charge in [0.25, 0.3) is 0 Å². The number of rotatable bonds is 4. The van der Waals surface area contributed by atoms with Crippen LogP contribution < -0.4 is 0 Å². The number of thiophene rings is 1. The predicted octanol–water partition coefficient (Wildman–Crippen LogP) is 1.90. The lowest BCUT2D eigenvalue weighted by Gasteiger charge is -2.37. The third-order valence-corrected chi connectivity index (χ3v) is 5.05. The zero-order valence-electron chi connectivity index (χ0n) is 10.6. The molecule has 1 N–H and O–H groups in total. The van der Waals surface area contributed by atoms with Crippen molar-refractivity contribution in [3.05, 3.63) is 22.4 Å². The number of hydrogen-bond acceptors (Lipinski definition) is 4. The van der Waals surface area contributed by atoms with Gasteiger partial charge in [-0.2, -0.15) is 0 Å². The Morgan fingerprint density at radius 3 is 3.33 bits per heavy atom. The highest BCUT2D eigenvalue weighted by Crippen LogP contribution is 2.25. The Morgan fingerprint density at radius 2 is 2.50 bits per heavy atom. The Kier molecular flexibility index (Phi) is 3.99. The van der Waals surface area contributed by atoms with Gasteiger partial charge in [-0.15, -0.1) is 11.3 Å². The molecule has 0 aliphatic carbocycles. The van der Waals surface area contributed by atoms with E-state index in [2.05, 4.69) is 22.4 Å². The van der Waals surface area contributed by atoms with E-state index < -0.39 is 0 Å². The molecule has 0 radical (unpaired) electrons. The summed E-state index contributed by atoms with van der Waals surface area (Å²) in [6.07, 6.45) is 4.00. The molecule has 100 valence electrons. The summed E-state index contributed by atoms with van der Waals surface area (Å²) in [5, 5.41) is 12.3. The van der Waals surface area contributed by atoms with Crippen LogP contribution in [0.3, 0.4) is 0 Å². The Morgan fingerprint density at radius 1 is 1.56 bits per heavy atom. The molecule has 2 saturated heterocycles. The van der Waals surface area contributed by atoms with Crippen molar-refractivity contribution >= 4 is 11.3 Å². The molecule has 3 nitrogen and oxygen atoms in total. The molecule has 0 amide bonds. The van der Waals surface area contributed by atoms with E-state index in [1.807, 2.05) is 0 Å². The lowest BCUT2D eigenvalue weighted by Crippen LogP contribution is -2.50. The third kappa shape index (κ3) is 2.77. The summed E-state index contributed by atoms with van der Waals surface area (Å²) >= 11 is 1.76. The van der Waals surface area contributed by atoms with Crippen LogP contribution in [0, 0.1) is 0 Å². The summed E-state index contributed by atoms with van der Waals surface area (Å²) in [5.41, 5.74) is 0. The maximum atomic E-state index is 10.2. The van der Waals surface area contributed by atoms with Crippen LogP contribution in [0.25, 0.3) is 0 Å². The maximum absolute atomic E-state index is 10.2. The van der Waals surface area contributed by atoms with Crippen molar-refractivity contribution in [3.8, 4) is 0 Å². The molecule has 2 aliphatic heterocycles. The first-order chi connectivity index (χ1) is 8.83. The minimum Gasteiger partial charge on any atom is -0.390 e. The molecule has 0 spiro atoms. The Bertz CT molecular complexity index is 368. The van der Waals surface area contributed by atoms with Crippen LogP contribution in [0.4, 0.5) is 0 Å². The molecule has 3 heterocycles. The first-order valence-corrected chi connectivity index (χ1v) is 7.77. The Labute approximate surface area is 112 Å². The van der Waals surface area contributed by atoms with Crippen LogP contribution in [0.15, 0.2) is 17.5 Å². The van der Waals surface area contributed by atoms with Crippen LogP contribution >= 0.6 is 11.3 Å². The molecular formula is C14H21NO2S. The highest BCUT2D eigenvalue weighted by atomic mass is 32.1. The molecule has 18 heavy (non-hydrogen) atoms. The monoisotopic (exact) mass is 267 g/mol. The third-order valence-electron chi connectivity index (χ3n) is 4.11. The number of ether oxygens (including phenoxy) is 1. The van der Waals surface area contributed by atoms with Crippen molar-refractivity contribution in [1.29, 1.82) is 0 Å². The fraction of sp³-hybridized carbons (Fsp3) is 0.714. The summed E-state index contributed by atoms with van der Waals surface area (Å²) in [4.78, 5) is 3.84. The van der Waals surface area contributed by atoms with Crippen molar-refractivity contribution in [2.45, 2.75) is 43.9 Å². The molecule has 3 atom stereocenters. The zero-order valence-corrected chi connectivity index (χ0v) is 11.4. The Balaban J connectivity index is 1.48. The molecule has 0 saturated carbocycles. The minimum atomic E-state index is -0.325. The van der Waals surface area contributed by atoms with Gasteiger partial charge in [-0.1, -0.05) is 6.07 Å². The summed E-state index contributed by atoms with van der Waals surface area (Å²) in [6, 6.07) is 4.82. The van der Waals surface area contributed by atoms with Gasteiger partial charge >= 0.3 is 0 Å². The zero-order chi connectivity index (χ0) is 12.4. The summed E-state index contributed by atoms with van der Waals surface area (Å²) in [6.45, 7) is 2.90. The van der Waals surface area contributed by atoms with Crippen LogP contribution in [0.5, 0.6) is 0 Å². The standard InChI is InChI=1S/C14H21NO2S/c16-13(6-5-12-4-2-8-18-12)14-9-15-7-1-3-11(15)10-17-14/h2,4,8,11,13-14,16H,1,3,5-7,9-10H2. The topological polar surface area (TPSA) is 32.7 Å². The molecule has 4 heteroatoms. The average molecular weight is 267 g/mol. The summed E-state index contributed by atoms with van der Waals surface area (Å²) in [5.74, 6) is 0. The maximum Gasteiger partial charge on any atom is 0.0961 e. The van der Waals surface area contributed by atoms with Gasteiger partial charge in [0.05, 0.1) is 18.8 Å². The number of nitrogens with zero attached hydrogens (tertiary/aromatic N) is 1. The van der Waals surface area contributed by atoms with E-state index in [1.54, 1.807) is 11.3 Å². The van der Waals surface area contributed by atoms with Gasteiger partial charge < -0.3 is 9.84 Å². The lowest BCUT2D eigenvalue weighted by molar-refractivity contribution is -0.103. The van der Waals surface area contributed by atoms with Gasteiger partial charge in [-0.05, 0) is 43.7 Å². The van der Waals surface area contributed by atoms with Gasteiger partial charge in [0.15, 0.2) is 0 Å². The van der Waals surface area contributed by atoms with Crippen molar-refractivity contribution in [2.75, 3.05) is 19.7 Å². The molecule has 0 aromatic carbocycles. The van der Waals surface area contributed by atoms with Gasteiger partial charge in [-0.25, -0.2) is 0 Å². The number of aliphatic hydroxyl groups is 1. The van der Waals surface area contributed by atoms with E-state index >= 15 is 0 Å². The van der Waals surface area contributed by atoms with E-state index in [9.17, 15) is 5.11 Å². The summed E-state index contributed by atoms with van der Waals surface area (Å²) in [7, 11) is 0. The number of aryl methyl sites for hydroxylation is 1. The first-order valence-electron chi connectivity index (χ1n) is 6.89. The molecule has 3 unspecified atom stereocenters. The first kappa shape index (κ1) is 12.6. The fourth-order valence-corrected chi connectivity index (χ4v) is 3.73. The molecule has 1 aromatic heterocycles. The number of morpholine rings is 1. The van der Waals surface area contributed by atoms with Crippen molar-refractivity contribution in [3.63, 3.8) is 0 Å². The molecule has 1 aromatic rings. The average Bonchev–Trinajstić information content (AvgIpc) is 3.05. The van der Waals surface area contributed by atoms with Gasteiger partial charge in [0, 0.05) is 17.5 Å². The molecule has 3 rings (SSSR count). The Hall–Kier alpha value is -0.420. The minimum absolute atomic E-state index is 0.0133. The number of aliphatic hydroxyl groups excluding tert-OH is 1. The van der Waals surface area contributed by atoms with Crippen LogP contribution in [-0.2, 0) is 11.2 Å². The van der Waals surface area contributed by atoms with E-state index in [4.69, 9.17) is 4.74 Å². The second kappa shape index (κ2) is 5.70. The van der Waals surface area contributed by atoms with Crippen LogP contribution in [0.1, 0.15) is 24.1 Å². The quantitative estimate of drug-likeness (QED) is 0.904. The van der Waals surface area contributed by atoms with E-state index in [-0.39, 0.29) is 12.2 Å². The smallest absolute Gasteiger partial charge is 0.0961 e. The van der Waals surface area contributed by atoms with Gasteiger partial charge in [0.2, 0.25) is 0 Å².